The van der Waals surface area contributed by atoms with Gasteiger partial charge >= 0.3 is 0 Å². The zero-order chi connectivity index (χ0) is 13.8. The van der Waals surface area contributed by atoms with Gasteiger partial charge in [-0.2, -0.15) is 0 Å². The lowest BCUT2D eigenvalue weighted by atomic mass is 10.0. The van der Waals surface area contributed by atoms with Gasteiger partial charge in [0.25, 0.3) is 0 Å². The summed E-state index contributed by atoms with van der Waals surface area (Å²) in [4.78, 5) is 12.0. The van der Waals surface area contributed by atoms with Crippen molar-refractivity contribution < 1.29 is 9.18 Å². The fourth-order valence-electron chi connectivity index (χ4n) is 1.89. The van der Waals surface area contributed by atoms with Crippen LogP contribution in [0.2, 0.25) is 0 Å². The fourth-order valence-corrected chi connectivity index (χ4v) is 2.27. The van der Waals surface area contributed by atoms with E-state index in [1.54, 1.807) is 6.07 Å². The molecule has 0 unspecified atom stereocenters. The Hall–Kier alpha value is -1.48. The number of Topliss-reactive ketones (excluding diaryl/α,β-unsaturated/α-hetero) is 1. The first kappa shape index (κ1) is 13.9. The Labute approximate surface area is 120 Å². The molecule has 98 valence electrons. The molecule has 1 nitrogen and oxygen atoms in total. The van der Waals surface area contributed by atoms with Crippen molar-refractivity contribution in [1.29, 1.82) is 0 Å². The van der Waals surface area contributed by atoms with E-state index < -0.39 is 0 Å². The van der Waals surface area contributed by atoms with Crippen molar-refractivity contribution in [2.24, 2.45) is 0 Å². The van der Waals surface area contributed by atoms with Crippen LogP contribution in [0.1, 0.15) is 16.7 Å². The average Bonchev–Trinajstić information content (AvgIpc) is 2.37. The molecule has 2 aromatic carbocycles. The number of benzene rings is 2. The summed E-state index contributed by atoms with van der Waals surface area (Å²) in [6.07, 6.45) is 0.620. The second kappa shape index (κ2) is 6.11. The van der Waals surface area contributed by atoms with Crippen molar-refractivity contribution in [2.75, 3.05) is 0 Å². The van der Waals surface area contributed by atoms with Gasteiger partial charge in [-0.1, -0.05) is 45.8 Å². The van der Waals surface area contributed by atoms with E-state index in [0.29, 0.717) is 12.0 Å². The van der Waals surface area contributed by atoms with E-state index in [1.807, 2.05) is 31.2 Å². The summed E-state index contributed by atoms with van der Waals surface area (Å²) in [5.41, 5.74) is 2.85. The van der Waals surface area contributed by atoms with Crippen molar-refractivity contribution in [2.45, 2.75) is 19.8 Å². The molecule has 0 fully saturated rings. The summed E-state index contributed by atoms with van der Waals surface area (Å²) in [6, 6.07) is 12.3. The smallest absolute Gasteiger partial charge is 0.141 e. The van der Waals surface area contributed by atoms with Gasteiger partial charge in [0.05, 0.1) is 0 Å². The molecule has 3 heteroatoms. The predicted molar refractivity (Wildman–Crippen MR) is 77.7 cm³/mol. The number of rotatable bonds is 4. The quantitative estimate of drug-likeness (QED) is 0.823. The molecular weight excluding hydrogens is 307 g/mol. The van der Waals surface area contributed by atoms with E-state index in [1.165, 1.54) is 17.7 Å². The molecule has 0 atom stereocenters. The van der Waals surface area contributed by atoms with Crippen LogP contribution in [0.3, 0.4) is 0 Å². The monoisotopic (exact) mass is 320 g/mol. The van der Waals surface area contributed by atoms with Gasteiger partial charge in [-0.15, -0.1) is 0 Å². The Balaban J connectivity index is 2.05. The molecule has 0 amide bonds. The van der Waals surface area contributed by atoms with Gasteiger partial charge < -0.3 is 0 Å². The molecule has 0 spiro atoms. The van der Waals surface area contributed by atoms with Crippen LogP contribution in [0.15, 0.2) is 46.9 Å². The van der Waals surface area contributed by atoms with Crippen LogP contribution in [-0.4, -0.2) is 5.78 Å². The molecular formula is C16H14BrFO. The summed E-state index contributed by atoms with van der Waals surface area (Å²) in [5.74, 6) is -0.239. The minimum Gasteiger partial charge on any atom is -0.299 e. The molecule has 0 aliphatic heterocycles. The number of carbonyl (C=O) groups excluding carboxylic acids is 1. The first-order valence-electron chi connectivity index (χ1n) is 6.06. The normalized spacial score (nSPS) is 10.5. The lowest BCUT2D eigenvalue weighted by Gasteiger charge is -2.05. The summed E-state index contributed by atoms with van der Waals surface area (Å²) in [6.45, 7) is 2.01. The maximum absolute atomic E-state index is 13.1. The van der Waals surface area contributed by atoms with Gasteiger partial charge in [0.1, 0.15) is 11.6 Å². The van der Waals surface area contributed by atoms with Crippen LogP contribution >= 0.6 is 15.9 Å². The highest BCUT2D eigenvalue weighted by Crippen LogP contribution is 2.19. The lowest BCUT2D eigenvalue weighted by molar-refractivity contribution is -0.117. The SMILES string of the molecule is Cc1ccc(CC(=O)Cc2cc(F)ccc2Br)cc1. The number of carbonyl (C=O) groups is 1. The Kier molecular flexibility index (Phi) is 4.48. The standard InChI is InChI=1S/C16H14BrFO/c1-11-2-4-12(5-3-11)8-15(19)10-13-9-14(18)6-7-16(13)17/h2-7,9H,8,10H2,1H3. The second-order valence-electron chi connectivity index (χ2n) is 4.61. The molecule has 0 radical (unpaired) electrons. The minimum absolute atomic E-state index is 0.0788. The summed E-state index contributed by atoms with van der Waals surface area (Å²) in [7, 11) is 0. The lowest BCUT2D eigenvalue weighted by Crippen LogP contribution is -2.07. The van der Waals surface area contributed by atoms with Gasteiger partial charge in [0.15, 0.2) is 0 Å². The van der Waals surface area contributed by atoms with E-state index in [4.69, 9.17) is 0 Å². The third kappa shape index (κ3) is 4.00. The van der Waals surface area contributed by atoms with Crippen molar-refractivity contribution in [1.82, 2.24) is 0 Å². The highest BCUT2D eigenvalue weighted by atomic mass is 79.9. The van der Waals surface area contributed by atoms with Crippen LogP contribution < -0.4 is 0 Å². The zero-order valence-electron chi connectivity index (χ0n) is 10.6. The third-order valence-corrected chi connectivity index (χ3v) is 3.69. The number of ketones is 1. The van der Waals surface area contributed by atoms with E-state index in [9.17, 15) is 9.18 Å². The maximum atomic E-state index is 13.1. The summed E-state index contributed by atoms with van der Waals surface area (Å²) >= 11 is 3.34. The highest BCUT2D eigenvalue weighted by molar-refractivity contribution is 9.10. The topological polar surface area (TPSA) is 17.1 Å². The van der Waals surface area contributed by atoms with Gasteiger partial charge in [-0.3, -0.25) is 4.79 Å². The minimum atomic E-state index is -0.318. The number of halogens is 2. The average molecular weight is 321 g/mol. The third-order valence-electron chi connectivity index (χ3n) is 2.92. The molecule has 0 heterocycles. The van der Waals surface area contributed by atoms with Crippen LogP contribution in [-0.2, 0) is 17.6 Å². The predicted octanol–water partition coefficient (Wildman–Crippen LogP) is 4.25. The Morgan fingerprint density at radius 1 is 1.11 bits per heavy atom. The molecule has 2 rings (SSSR count). The first-order valence-corrected chi connectivity index (χ1v) is 6.85. The molecule has 0 bridgehead atoms. The van der Waals surface area contributed by atoms with Gasteiger partial charge in [0.2, 0.25) is 0 Å². The molecule has 0 saturated carbocycles. The molecule has 2 aromatic rings. The summed E-state index contributed by atoms with van der Waals surface area (Å²) < 4.78 is 13.9. The van der Waals surface area contributed by atoms with Crippen LogP contribution in [0, 0.1) is 12.7 Å². The van der Waals surface area contributed by atoms with Crippen molar-refractivity contribution in [3.8, 4) is 0 Å². The molecule has 0 saturated heterocycles. The van der Waals surface area contributed by atoms with Crippen molar-refractivity contribution >= 4 is 21.7 Å². The highest BCUT2D eigenvalue weighted by Gasteiger charge is 2.09. The van der Waals surface area contributed by atoms with Gasteiger partial charge in [-0.05, 0) is 36.2 Å². The van der Waals surface area contributed by atoms with Gasteiger partial charge in [-0.25, -0.2) is 4.39 Å². The Morgan fingerprint density at radius 2 is 1.79 bits per heavy atom. The molecule has 0 aliphatic rings. The number of aryl methyl sites for hydroxylation is 1. The first-order chi connectivity index (χ1) is 9.04. The molecule has 0 N–H and O–H groups in total. The van der Waals surface area contributed by atoms with Gasteiger partial charge in [0, 0.05) is 17.3 Å². The van der Waals surface area contributed by atoms with Crippen molar-refractivity contribution in [3.05, 3.63) is 69.4 Å². The zero-order valence-corrected chi connectivity index (χ0v) is 12.2. The van der Waals surface area contributed by atoms with Crippen LogP contribution in [0.25, 0.3) is 0 Å². The number of hydrogen-bond acceptors (Lipinski definition) is 1. The Morgan fingerprint density at radius 3 is 2.47 bits per heavy atom. The van der Waals surface area contributed by atoms with E-state index in [0.717, 1.165) is 10.0 Å². The van der Waals surface area contributed by atoms with E-state index in [2.05, 4.69) is 15.9 Å². The number of hydrogen-bond donors (Lipinski definition) is 0. The van der Waals surface area contributed by atoms with Crippen LogP contribution in [0.4, 0.5) is 4.39 Å². The largest absolute Gasteiger partial charge is 0.299 e. The maximum Gasteiger partial charge on any atom is 0.141 e. The second-order valence-corrected chi connectivity index (χ2v) is 5.47. The molecule has 0 aliphatic carbocycles. The van der Waals surface area contributed by atoms with E-state index >= 15 is 0 Å². The van der Waals surface area contributed by atoms with Crippen molar-refractivity contribution in [3.63, 3.8) is 0 Å². The Bertz CT molecular complexity index is 590. The van der Waals surface area contributed by atoms with E-state index in [-0.39, 0.29) is 18.0 Å². The molecule has 0 aromatic heterocycles. The van der Waals surface area contributed by atoms with Crippen LogP contribution in [0.5, 0.6) is 0 Å². The fraction of sp³-hybridized carbons (Fsp3) is 0.188. The summed E-state index contributed by atoms with van der Waals surface area (Å²) in [5, 5.41) is 0. The molecule has 19 heavy (non-hydrogen) atoms.